The molecule has 0 radical (unpaired) electrons. The summed E-state index contributed by atoms with van der Waals surface area (Å²) in [5.41, 5.74) is 2.77. The number of rotatable bonds is 8. The van der Waals surface area contributed by atoms with Crippen molar-refractivity contribution in [2.24, 2.45) is 16.8 Å². The molecule has 2 N–H and O–H groups in total. The Balaban J connectivity index is 1.30. The van der Waals surface area contributed by atoms with Crippen molar-refractivity contribution in [1.29, 1.82) is 0 Å². The lowest BCUT2D eigenvalue weighted by Crippen LogP contribution is -2.45. The van der Waals surface area contributed by atoms with Gasteiger partial charge in [0.15, 0.2) is 10.8 Å². The summed E-state index contributed by atoms with van der Waals surface area (Å²) < 4.78 is 20.2. The Bertz CT molecular complexity index is 1660. The van der Waals surface area contributed by atoms with E-state index in [0.29, 0.717) is 71.5 Å². The molecular formula is C32H32FN5O5S. The van der Waals surface area contributed by atoms with Crippen LogP contribution in [0.3, 0.4) is 0 Å². The van der Waals surface area contributed by atoms with Gasteiger partial charge in [-0.2, -0.15) is 0 Å². The number of carbonyl (C=O) groups excluding carboxylic acids is 2. The SMILES string of the molecule is CCOC(=O)C1=C(CN2CC[C@H]3C(=O)N(c4ccc(C(=O)O)cc4)C[C@H]3C2)NC(c2nccs2)=N[C@H]1c1cccc(F)c1C. The van der Waals surface area contributed by atoms with Crippen LogP contribution < -0.4 is 10.2 Å². The molecular weight excluding hydrogens is 585 g/mol. The molecule has 228 valence electrons. The summed E-state index contributed by atoms with van der Waals surface area (Å²) >= 11 is 1.41. The minimum atomic E-state index is -1.01. The van der Waals surface area contributed by atoms with Gasteiger partial charge < -0.3 is 20.1 Å². The zero-order valence-electron chi connectivity index (χ0n) is 24.3. The highest BCUT2D eigenvalue weighted by atomic mass is 32.1. The number of halogens is 1. The summed E-state index contributed by atoms with van der Waals surface area (Å²) in [6.07, 6.45) is 2.33. The number of amides is 1. The number of amidine groups is 1. The number of aliphatic imine (C=N–C) groups is 1. The molecule has 2 fully saturated rings. The molecule has 3 aliphatic heterocycles. The first-order valence-electron chi connectivity index (χ1n) is 14.5. The van der Waals surface area contributed by atoms with Gasteiger partial charge in [-0.1, -0.05) is 12.1 Å². The average Bonchev–Trinajstić information content (AvgIpc) is 3.67. The Morgan fingerprint density at radius 3 is 2.68 bits per heavy atom. The normalized spacial score (nSPS) is 22.0. The third kappa shape index (κ3) is 5.62. The number of esters is 1. The summed E-state index contributed by atoms with van der Waals surface area (Å²) in [5.74, 6) is -1.46. The van der Waals surface area contributed by atoms with Gasteiger partial charge in [0.05, 0.1) is 17.7 Å². The minimum Gasteiger partial charge on any atom is -0.478 e. The monoisotopic (exact) mass is 617 g/mol. The number of hydrogen-bond donors (Lipinski definition) is 2. The Morgan fingerprint density at radius 1 is 1.18 bits per heavy atom. The Labute approximate surface area is 257 Å². The highest BCUT2D eigenvalue weighted by Gasteiger charge is 2.44. The van der Waals surface area contributed by atoms with Crippen LogP contribution >= 0.6 is 11.3 Å². The smallest absolute Gasteiger partial charge is 0.338 e. The van der Waals surface area contributed by atoms with E-state index in [-0.39, 0.29) is 35.7 Å². The van der Waals surface area contributed by atoms with Crippen LogP contribution in [-0.2, 0) is 14.3 Å². The lowest BCUT2D eigenvalue weighted by molar-refractivity contribution is -0.139. The van der Waals surface area contributed by atoms with Gasteiger partial charge >= 0.3 is 11.9 Å². The van der Waals surface area contributed by atoms with Crippen molar-refractivity contribution in [3.05, 3.63) is 92.8 Å². The van der Waals surface area contributed by atoms with Crippen LogP contribution in [0.15, 0.2) is 70.3 Å². The first-order chi connectivity index (χ1) is 21.2. The molecule has 3 aromatic rings. The molecule has 0 bridgehead atoms. The number of hydrogen-bond acceptors (Lipinski definition) is 9. The van der Waals surface area contributed by atoms with Gasteiger partial charge in [0.25, 0.3) is 0 Å². The molecule has 1 aromatic heterocycles. The fraction of sp³-hybridized carbons (Fsp3) is 0.344. The second kappa shape index (κ2) is 12.3. The largest absolute Gasteiger partial charge is 0.478 e. The molecule has 2 aromatic carbocycles. The fourth-order valence-electron chi connectivity index (χ4n) is 6.29. The zero-order chi connectivity index (χ0) is 31.0. The van der Waals surface area contributed by atoms with Crippen molar-refractivity contribution in [2.45, 2.75) is 26.3 Å². The zero-order valence-corrected chi connectivity index (χ0v) is 25.1. The number of ether oxygens (including phenoxy) is 1. The van der Waals surface area contributed by atoms with E-state index in [1.54, 1.807) is 49.2 Å². The standard InChI is InChI=1S/C32H32FN5O5S/c1-3-43-32(42)26-25(35-28(29-34-12-14-44-29)36-27(26)22-5-4-6-24(33)18(22)2)17-37-13-11-23-20(15-37)16-38(30(23)39)21-9-7-19(8-10-21)31(40)41/h4-10,12,14,20,23,27H,3,11,13,15-17H2,1-2H3,(H,35,36)(H,40,41)/t20-,23-,27+/m1/s1. The molecule has 1 amide bonds. The number of nitrogens with zero attached hydrogens (tertiary/aromatic N) is 4. The summed E-state index contributed by atoms with van der Waals surface area (Å²) in [6, 6.07) is 10.3. The maximum atomic E-state index is 14.7. The fourth-order valence-corrected chi connectivity index (χ4v) is 6.88. The Kier molecular flexibility index (Phi) is 8.28. The number of carbonyl (C=O) groups is 3. The first kappa shape index (κ1) is 29.6. The molecule has 6 rings (SSSR count). The lowest BCUT2D eigenvalue weighted by Gasteiger charge is -2.36. The van der Waals surface area contributed by atoms with Gasteiger partial charge in [-0.25, -0.2) is 19.0 Å². The lowest BCUT2D eigenvalue weighted by atomic mass is 9.87. The van der Waals surface area contributed by atoms with Gasteiger partial charge in [-0.3, -0.25) is 14.7 Å². The van der Waals surface area contributed by atoms with Crippen molar-refractivity contribution < 1.29 is 28.6 Å². The molecule has 0 aliphatic carbocycles. The maximum Gasteiger partial charge on any atom is 0.338 e. The van der Waals surface area contributed by atoms with Crippen LogP contribution in [0.2, 0.25) is 0 Å². The molecule has 3 aliphatic rings. The molecule has 10 nitrogen and oxygen atoms in total. The third-order valence-electron chi connectivity index (χ3n) is 8.49. The van der Waals surface area contributed by atoms with Crippen molar-refractivity contribution in [2.75, 3.05) is 37.7 Å². The number of nitrogens with one attached hydrogen (secondary N) is 1. The number of piperidine rings is 1. The molecule has 3 atom stereocenters. The molecule has 0 spiro atoms. The van der Waals surface area contributed by atoms with E-state index in [4.69, 9.17) is 9.73 Å². The van der Waals surface area contributed by atoms with Crippen molar-refractivity contribution >= 4 is 40.7 Å². The van der Waals surface area contributed by atoms with Crippen LogP contribution in [0.25, 0.3) is 0 Å². The highest BCUT2D eigenvalue weighted by molar-refractivity contribution is 7.11. The number of carboxylic acid groups (broad SMARTS) is 1. The number of carboxylic acids is 1. The molecule has 0 saturated carbocycles. The molecule has 12 heteroatoms. The van der Waals surface area contributed by atoms with Crippen molar-refractivity contribution in [3.63, 3.8) is 0 Å². The van der Waals surface area contributed by atoms with Crippen LogP contribution in [0.4, 0.5) is 10.1 Å². The van der Waals surface area contributed by atoms with Gasteiger partial charge in [-0.05, 0) is 68.3 Å². The second-order valence-corrected chi connectivity index (χ2v) is 12.0. The quantitative estimate of drug-likeness (QED) is 0.361. The van der Waals surface area contributed by atoms with Gasteiger partial charge in [0.1, 0.15) is 11.9 Å². The van der Waals surface area contributed by atoms with Crippen molar-refractivity contribution in [3.8, 4) is 0 Å². The van der Waals surface area contributed by atoms with Crippen LogP contribution in [0.1, 0.15) is 45.9 Å². The van der Waals surface area contributed by atoms with Gasteiger partial charge in [0, 0.05) is 54.4 Å². The van der Waals surface area contributed by atoms with Crippen molar-refractivity contribution in [1.82, 2.24) is 15.2 Å². The number of anilines is 1. The van der Waals surface area contributed by atoms with Crippen LogP contribution in [0, 0.1) is 24.6 Å². The Morgan fingerprint density at radius 2 is 1.98 bits per heavy atom. The number of aromatic carboxylic acids is 1. The predicted molar refractivity (Wildman–Crippen MR) is 163 cm³/mol. The Hall–Kier alpha value is -4.42. The van der Waals surface area contributed by atoms with E-state index < -0.39 is 18.0 Å². The minimum absolute atomic E-state index is 0.0415. The molecule has 4 heterocycles. The van der Waals surface area contributed by atoms with Gasteiger partial charge in [0.2, 0.25) is 5.91 Å². The van der Waals surface area contributed by atoms with Crippen LogP contribution in [-0.4, -0.2) is 71.5 Å². The summed E-state index contributed by atoms with van der Waals surface area (Å²) in [5, 5.41) is 15.1. The molecule has 0 unspecified atom stereocenters. The van der Waals surface area contributed by atoms with E-state index in [9.17, 15) is 23.9 Å². The molecule has 44 heavy (non-hydrogen) atoms. The maximum absolute atomic E-state index is 14.7. The van der Waals surface area contributed by atoms with Gasteiger partial charge in [-0.15, -0.1) is 11.3 Å². The second-order valence-electron chi connectivity index (χ2n) is 11.1. The summed E-state index contributed by atoms with van der Waals surface area (Å²) in [4.78, 5) is 51.4. The van der Waals surface area contributed by atoms with E-state index in [1.807, 2.05) is 5.38 Å². The molecule has 2 saturated heterocycles. The number of thiazole rings is 1. The number of fused-ring (bicyclic) bond motifs is 1. The summed E-state index contributed by atoms with van der Waals surface area (Å²) in [7, 11) is 0. The van der Waals surface area contributed by atoms with E-state index >= 15 is 0 Å². The predicted octanol–water partition coefficient (Wildman–Crippen LogP) is 4.18. The highest BCUT2D eigenvalue weighted by Crippen LogP contribution is 2.38. The number of benzene rings is 2. The number of aromatic nitrogens is 1. The topological polar surface area (TPSA) is 124 Å². The van der Waals surface area contributed by atoms with E-state index in [2.05, 4.69) is 15.2 Å². The van der Waals surface area contributed by atoms with Crippen LogP contribution in [0.5, 0.6) is 0 Å². The van der Waals surface area contributed by atoms with E-state index in [0.717, 1.165) is 0 Å². The first-order valence-corrected chi connectivity index (χ1v) is 15.4. The van der Waals surface area contributed by atoms with E-state index in [1.165, 1.54) is 29.5 Å². The summed E-state index contributed by atoms with van der Waals surface area (Å²) in [6.45, 7) is 5.73. The number of likely N-dealkylation sites (tertiary alicyclic amines) is 1. The third-order valence-corrected chi connectivity index (χ3v) is 9.27. The average molecular weight is 618 g/mol.